The van der Waals surface area contributed by atoms with Crippen molar-refractivity contribution in [2.75, 3.05) is 6.61 Å². The lowest BCUT2D eigenvalue weighted by atomic mass is 10.2. The second-order valence-corrected chi connectivity index (χ2v) is 8.73. The number of halogens is 3. The number of aryl methyl sites for hydroxylation is 1. The lowest BCUT2D eigenvalue weighted by molar-refractivity contribution is 0.131. The molecule has 2 aromatic carbocycles. The minimum atomic E-state index is -0.508. The van der Waals surface area contributed by atoms with Crippen LogP contribution in [0.15, 0.2) is 52.1 Å². The Balaban J connectivity index is 1.90. The fraction of sp³-hybridized carbons (Fsp3) is 0.227. The molecule has 9 nitrogen and oxygen atoms in total. The zero-order valence-electron chi connectivity index (χ0n) is 18.0. The van der Waals surface area contributed by atoms with E-state index in [0.29, 0.717) is 27.2 Å². The first-order chi connectivity index (χ1) is 16.3. The van der Waals surface area contributed by atoms with Crippen molar-refractivity contribution in [1.82, 2.24) is 18.7 Å². The van der Waals surface area contributed by atoms with Gasteiger partial charge in [0.15, 0.2) is 11.2 Å². The minimum absolute atomic E-state index is 0.110. The van der Waals surface area contributed by atoms with Gasteiger partial charge in [-0.2, -0.15) is 4.98 Å². The highest BCUT2D eigenvalue weighted by Gasteiger charge is 2.22. The largest absolute Gasteiger partial charge is 0.425 e. The van der Waals surface area contributed by atoms with Crippen LogP contribution < -0.4 is 21.9 Å². The first kappa shape index (κ1) is 24.3. The van der Waals surface area contributed by atoms with Gasteiger partial charge in [-0.3, -0.25) is 18.5 Å². The molecular formula is C22H20Cl3N5O4. The van der Waals surface area contributed by atoms with Crippen LogP contribution in [0.5, 0.6) is 11.8 Å². The molecule has 178 valence electrons. The minimum Gasteiger partial charge on any atom is -0.425 e. The van der Waals surface area contributed by atoms with Crippen molar-refractivity contribution in [1.29, 1.82) is 0 Å². The first-order valence-electron chi connectivity index (χ1n) is 10.2. The summed E-state index contributed by atoms with van der Waals surface area (Å²) in [5, 5.41) is 1.25. The quantitative estimate of drug-likeness (QED) is 0.276. The van der Waals surface area contributed by atoms with Crippen LogP contribution in [0, 0.1) is 0 Å². The Morgan fingerprint density at radius 2 is 1.74 bits per heavy atom. The molecule has 4 rings (SSSR count). The normalized spacial score (nSPS) is 11.3. The molecule has 0 atom stereocenters. The standard InChI is InChI=1S/C22H20Cl3N5O4/c1-28-19-18(20(31)29(22(28)32)9-2-10-33-26)30(12-13-3-5-14(23)6-4-13)21(27-19)34-15-7-8-16(24)17(25)11-15/h3-8,11H,2,9-10,12,26H2,1H3. The fourth-order valence-corrected chi connectivity index (χ4v) is 3.91. The van der Waals surface area contributed by atoms with Crippen LogP contribution in [0.1, 0.15) is 12.0 Å². The van der Waals surface area contributed by atoms with Crippen LogP contribution in [0.3, 0.4) is 0 Å². The molecule has 0 aliphatic heterocycles. The Morgan fingerprint density at radius 3 is 2.41 bits per heavy atom. The number of nitrogens with zero attached hydrogens (tertiary/aromatic N) is 4. The van der Waals surface area contributed by atoms with Crippen molar-refractivity contribution in [2.24, 2.45) is 12.9 Å². The molecule has 0 bridgehead atoms. The van der Waals surface area contributed by atoms with Crippen molar-refractivity contribution in [3.05, 3.63) is 83.9 Å². The molecule has 0 spiro atoms. The highest BCUT2D eigenvalue weighted by molar-refractivity contribution is 6.42. The second kappa shape index (κ2) is 10.2. The van der Waals surface area contributed by atoms with E-state index in [1.807, 2.05) is 12.1 Å². The number of ether oxygens (including phenoxy) is 1. The molecule has 0 aliphatic rings. The number of nitrogens with two attached hydrogens (primary N) is 1. The maximum atomic E-state index is 13.4. The molecule has 0 fully saturated rings. The average molecular weight is 525 g/mol. The Labute approximate surface area is 208 Å². The number of benzene rings is 2. The van der Waals surface area contributed by atoms with Gasteiger partial charge in [0.05, 0.1) is 23.2 Å². The van der Waals surface area contributed by atoms with E-state index in [-0.39, 0.29) is 36.9 Å². The number of fused-ring (bicyclic) bond motifs is 1. The maximum absolute atomic E-state index is 13.4. The molecule has 2 N–H and O–H groups in total. The zero-order valence-corrected chi connectivity index (χ0v) is 20.3. The molecule has 0 radical (unpaired) electrons. The van der Waals surface area contributed by atoms with Crippen molar-refractivity contribution in [3.8, 4) is 11.8 Å². The van der Waals surface area contributed by atoms with E-state index in [4.69, 9.17) is 45.4 Å². The van der Waals surface area contributed by atoms with Gasteiger partial charge in [0.25, 0.3) is 5.56 Å². The Hall–Kier alpha value is -2.82. The summed E-state index contributed by atoms with van der Waals surface area (Å²) >= 11 is 18.2. The highest BCUT2D eigenvalue weighted by Crippen LogP contribution is 2.30. The maximum Gasteiger partial charge on any atom is 0.332 e. The van der Waals surface area contributed by atoms with Crippen LogP contribution in [0.25, 0.3) is 11.2 Å². The van der Waals surface area contributed by atoms with Gasteiger partial charge >= 0.3 is 11.7 Å². The predicted octanol–water partition coefficient (Wildman–Crippen LogP) is 3.98. The topological polar surface area (TPSA) is 106 Å². The SMILES string of the molecule is Cn1c(=O)n(CCCON)c(=O)c2c1nc(Oc1ccc(Cl)c(Cl)c1)n2Cc1ccc(Cl)cc1. The molecule has 0 unspecified atom stereocenters. The van der Waals surface area contributed by atoms with E-state index in [9.17, 15) is 9.59 Å². The summed E-state index contributed by atoms with van der Waals surface area (Å²) in [5.74, 6) is 5.45. The number of rotatable bonds is 8. The van der Waals surface area contributed by atoms with Gasteiger partial charge < -0.3 is 9.57 Å². The highest BCUT2D eigenvalue weighted by atomic mass is 35.5. The number of imidazole rings is 1. The summed E-state index contributed by atoms with van der Waals surface area (Å²) in [5.41, 5.74) is 0.234. The third-order valence-corrected chi connectivity index (χ3v) is 6.19. The summed E-state index contributed by atoms with van der Waals surface area (Å²) < 4.78 is 10.0. The summed E-state index contributed by atoms with van der Waals surface area (Å²) in [6.07, 6.45) is 0.384. The van der Waals surface area contributed by atoms with Gasteiger partial charge in [-0.15, -0.1) is 0 Å². The van der Waals surface area contributed by atoms with E-state index in [2.05, 4.69) is 9.82 Å². The molecule has 4 aromatic rings. The number of hydrogen-bond acceptors (Lipinski definition) is 6. The van der Waals surface area contributed by atoms with Crippen molar-refractivity contribution < 1.29 is 9.57 Å². The molecule has 2 aromatic heterocycles. The second-order valence-electron chi connectivity index (χ2n) is 7.48. The lowest BCUT2D eigenvalue weighted by Crippen LogP contribution is -2.40. The van der Waals surface area contributed by atoms with E-state index in [1.165, 1.54) is 4.57 Å². The van der Waals surface area contributed by atoms with Gasteiger partial charge in [-0.05, 0) is 36.2 Å². The lowest BCUT2D eigenvalue weighted by Gasteiger charge is -2.12. The smallest absolute Gasteiger partial charge is 0.332 e. The van der Waals surface area contributed by atoms with Crippen molar-refractivity contribution >= 4 is 46.0 Å². The summed E-state index contributed by atoms with van der Waals surface area (Å²) in [6, 6.07) is 12.0. The van der Waals surface area contributed by atoms with E-state index in [0.717, 1.165) is 10.1 Å². The molecule has 12 heteroatoms. The molecule has 0 aliphatic carbocycles. The predicted molar refractivity (Wildman–Crippen MR) is 131 cm³/mol. The van der Waals surface area contributed by atoms with E-state index < -0.39 is 11.2 Å². The summed E-state index contributed by atoms with van der Waals surface area (Å²) in [4.78, 5) is 35.3. The summed E-state index contributed by atoms with van der Waals surface area (Å²) in [7, 11) is 1.54. The molecule has 2 heterocycles. The van der Waals surface area contributed by atoms with Crippen LogP contribution in [-0.2, 0) is 25.0 Å². The van der Waals surface area contributed by atoms with Gasteiger partial charge in [0.1, 0.15) is 5.75 Å². The van der Waals surface area contributed by atoms with Crippen LogP contribution in [0.4, 0.5) is 0 Å². The Kier molecular flexibility index (Phi) is 7.30. The monoisotopic (exact) mass is 523 g/mol. The summed E-state index contributed by atoms with van der Waals surface area (Å²) in [6.45, 7) is 0.570. The van der Waals surface area contributed by atoms with Crippen LogP contribution in [-0.4, -0.2) is 25.3 Å². The van der Waals surface area contributed by atoms with E-state index in [1.54, 1.807) is 41.9 Å². The zero-order chi connectivity index (χ0) is 24.4. The van der Waals surface area contributed by atoms with Gasteiger partial charge in [0.2, 0.25) is 0 Å². The van der Waals surface area contributed by atoms with Gasteiger partial charge in [-0.25, -0.2) is 10.7 Å². The average Bonchev–Trinajstić information content (AvgIpc) is 3.16. The molecule has 0 amide bonds. The van der Waals surface area contributed by atoms with Crippen molar-refractivity contribution in [2.45, 2.75) is 19.5 Å². The number of hydrogen-bond donors (Lipinski definition) is 1. The molecular weight excluding hydrogens is 505 g/mol. The molecule has 0 saturated heterocycles. The van der Waals surface area contributed by atoms with E-state index >= 15 is 0 Å². The fourth-order valence-electron chi connectivity index (χ4n) is 3.50. The van der Waals surface area contributed by atoms with Gasteiger partial charge in [0, 0.05) is 24.7 Å². The van der Waals surface area contributed by atoms with Gasteiger partial charge in [-0.1, -0.05) is 46.9 Å². The molecule has 0 saturated carbocycles. The molecule has 34 heavy (non-hydrogen) atoms. The third kappa shape index (κ3) is 4.84. The first-order valence-corrected chi connectivity index (χ1v) is 11.3. The number of aromatic nitrogens is 4. The Morgan fingerprint density at radius 1 is 1.00 bits per heavy atom. The van der Waals surface area contributed by atoms with Crippen LogP contribution in [0.2, 0.25) is 15.1 Å². The third-order valence-electron chi connectivity index (χ3n) is 5.20. The van der Waals surface area contributed by atoms with Crippen molar-refractivity contribution in [3.63, 3.8) is 0 Å². The Bertz CT molecular complexity index is 1460. The van der Waals surface area contributed by atoms with Crippen LogP contribution >= 0.6 is 34.8 Å².